The Labute approximate surface area is 156 Å². The average Bonchev–Trinajstić information content (AvgIpc) is 2.58. The maximum atomic E-state index is 14.4. The smallest absolute Gasteiger partial charge is 0.289 e. The monoisotopic (exact) mass is 380 g/mol. The number of likely N-dealkylation sites (tertiary alicyclic amines) is 2. The molecule has 3 rings (SSSR count). The van der Waals surface area contributed by atoms with Gasteiger partial charge < -0.3 is 4.90 Å². The number of amides is 1. The van der Waals surface area contributed by atoms with Crippen LogP contribution in [0.5, 0.6) is 0 Å². The molecule has 8 heteroatoms. The zero-order valence-electron chi connectivity index (χ0n) is 15.5. The number of nitriles is 1. The Kier molecular flexibility index (Phi) is 5.17. The van der Waals surface area contributed by atoms with Gasteiger partial charge in [-0.1, -0.05) is 6.92 Å². The first-order chi connectivity index (χ1) is 12.6. The van der Waals surface area contributed by atoms with Crippen LogP contribution in [0.2, 0.25) is 0 Å². The second kappa shape index (κ2) is 7.12. The van der Waals surface area contributed by atoms with E-state index in [1.54, 1.807) is 0 Å². The summed E-state index contributed by atoms with van der Waals surface area (Å²) in [7, 11) is 0. The van der Waals surface area contributed by atoms with E-state index in [9.17, 15) is 18.0 Å². The van der Waals surface area contributed by atoms with Crippen molar-refractivity contribution in [2.45, 2.75) is 45.1 Å². The number of pyridine rings is 1. The molecule has 0 aromatic carbocycles. The number of piperidine rings is 1. The van der Waals surface area contributed by atoms with Crippen LogP contribution < -0.4 is 0 Å². The fourth-order valence-electron chi connectivity index (χ4n) is 4.01. The summed E-state index contributed by atoms with van der Waals surface area (Å²) in [6, 6.07) is 3.71. The Balaban J connectivity index is 1.61. The lowest BCUT2D eigenvalue weighted by molar-refractivity contribution is -0.0329. The Bertz CT molecular complexity index is 757. The summed E-state index contributed by atoms with van der Waals surface area (Å²) in [5.74, 6) is -5.26. The number of rotatable bonds is 4. The van der Waals surface area contributed by atoms with Crippen molar-refractivity contribution in [2.24, 2.45) is 5.41 Å². The first-order valence-electron chi connectivity index (χ1n) is 9.08. The van der Waals surface area contributed by atoms with Gasteiger partial charge in [-0.15, -0.1) is 0 Å². The summed E-state index contributed by atoms with van der Waals surface area (Å²) in [5, 5.41) is 8.86. The van der Waals surface area contributed by atoms with Crippen LogP contribution in [0.4, 0.5) is 13.2 Å². The van der Waals surface area contributed by atoms with E-state index in [1.165, 1.54) is 4.90 Å². The number of carbonyl (C=O) groups is 1. The van der Waals surface area contributed by atoms with Gasteiger partial charge in [0, 0.05) is 57.2 Å². The van der Waals surface area contributed by atoms with Crippen molar-refractivity contribution in [1.82, 2.24) is 14.8 Å². The van der Waals surface area contributed by atoms with E-state index < -0.39 is 23.3 Å². The predicted octanol–water partition coefficient (Wildman–Crippen LogP) is 3.17. The molecule has 0 radical (unpaired) electrons. The van der Waals surface area contributed by atoms with Crippen molar-refractivity contribution in [3.63, 3.8) is 0 Å². The van der Waals surface area contributed by atoms with E-state index in [1.807, 2.05) is 0 Å². The molecule has 1 aromatic rings. The van der Waals surface area contributed by atoms with Gasteiger partial charge in [0.2, 0.25) is 0 Å². The number of nitrogens with zero attached hydrogens (tertiary/aromatic N) is 4. The molecule has 1 aromatic heterocycles. The van der Waals surface area contributed by atoms with Gasteiger partial charge in [-0.25, -0.2) is 4.39 Å². The number of carbonyl (C=O) groups excluding carboxylic acids is 1. The third-order valence-electron chi connectivity index (χ3n) is 5.48. The van der Waals surface area contributed by atoms with Crippen LogP contribution in [-0.2, 0) is 5.92 Å². The van der Waals surface area contributed by atoms with Crippen LogP contribution >= 0.6 is 0 Å². The molecule has 27 heavy (non-hydrogen) atoms. The fourth-order valence-corrected chi connectivity index (χ4v) is 4.01. The molecule has 0 spiro atoms. The van der Waals surface area contributed by atoms with Crippen molar-refractivity contribution in [1.29, 1.82) is 5.26 Å². The highest BCUT2D eigenvalue weighted by molar-refractivity contribution is 5.94. The van der Waals surface area contributed by atoms with E-state index in [0.717, 1.165) is 38.2 Å². The number of halogens is 3. The Morgan fingerprint density at radius 2 is 2.04 bits per heavy atom. The predicted molar refractivity (Wildman–Crippen MR) is 92.6 cm³/mol. The molecule has 0 bridgehead atoms. The van der Waals surface area contributed by atoms with Gasteiger partial charge >= 0.3 is 0 Å². The molecule has 2 aliphatic heterocycles. The van der Waals surface area contributed by atoms with E-state index >= 15 is 0 Å². The Hall–Kier alpha value is -2.14. The molecule has 3 heterocycles. The van der Waals surface area contributed by atoms with Crippen LogP contribution in [-0.4, -0.2) is 52.9 Å². The molecule has 0 unspecified atom stereocenters. The molecule has 2 saturated heterocycles. The normalized spacial score (nSPS) is 20.8. The maximum Gasteiger partial charge on any atom is 0.289 e. The molecule has 2 aliphatic rings. The Morgan fingerprint density at radius 1 is 1.41 bits per heavy atom. The zero-order valence-corrected chi connectivity index (χ0v) is 15.5. The van der Waals surface area contributed by atoms with E-state index in [4.69, 9.17) is 5.26 Å². The standard InChI is InChI=1S/C19H23F3N4O/c1-18(6-7-23)11-26(12-18)13-4-9-25(10-5-13)17(27)14-3-8-24-16(15(14)20)19(2,21)22/h3,8,13H,4-6,9-12H2,1-2H3. The first-order valence-corrected chi connectivity index (χ1v) is 9.08. The van der Waals surface area contributed by atoms with Gasteiger partial charge in [0.1, 0.15) is 5.69 Å². The third kappa shape index (κ3) is 3.93. The molecule has 5 nitrogen and oxygen atoms in total. The molecule has 146 valence electrons. The van der Waals surface area contributed by atoms with Crippen LogP contribution in [0.25, 0.3) is 0 Å². The summed E-state index contributed by atoms with van der Waals surface area (Å²) >= 11 is 0. The van der Waals surface area contributed by atoms with Crippen molar-refractivity contribution >= 4 is 5.91 Å². The summed E-state index contributed by atoms with van der Waals surface area (Å²) in [4.78, 5) is 19.8. The quantitative estimate of drug-likeness (QED) is 0.805. The van der Waals surface area contributed by atoms with Crippen LogP contribution in [0.3, 0.4) is 0 Å². The number of alkyl halides is 2. The highest BCUT2D eigenvalue weighted by Gasteiger charge is 2.42. The molecule has 0 saturated carbocycles. The number of hydrogen-bond donors (Lipinski definition) is 0. The van der Waals surface area contributed by atoms with Crippen molar-refractivity contribution < 1.29 is 18.0 Å². The van der Waals surface area contributed by atoms with Gasteiger partial charge in [-0.3, -0.25) is 14.7 Å². The van der Waals surface area contributed by atoms with Crippen molar-refractivity contribution in [3.8, 4) is 6.07 Å². The largest absolute Gasteiger partial charge is 0.338 e. The first kappa shape index (κ1) is 19.6. The minimum Gasteiger partial charge on any atom is -0.338 e. The third-order valence-corrected chi connectivity index (χ3v) is 5.48. The highest BCUT2D eigenvalue weighted by atomic mass is 19.3. The maximum absolute atomic E-state index is 14.4. The highest BCUT2D eigenvalue weighted by Crippen LogP contribution is 2.37. The fraction of sp³-hybridized carbons (Fsp3) is 0.632. The van der Waals surface area contributed by atoms with Gasteiger partial charge in [0.15, 0.2) is 5.82 Å². The number of aromatic nitrogens is 1. The lowest BCUT2D eigenvalue weighted by Gasteiger charge is -2.52. The molecule has 1 amide bonds. The molecular weight excluding hydrogens is 357 g/mol. The van der Waals surface area contributed by atoms with Gasteiger partial charge in [0.05, 0.1) is 11.6 Å². The molecule has 0 aliphatic carbocycles. The lowest BCUT2D eigenvalue weighted by Crippen LogP contribution is -2.60. The van der Waals surface area contributed by atoms with Crippen molar-refractivity contribution in [2.75, 3.05) is 26.2 Å². The van der Waals surface area contributed by atoms with Crippen LogP contribution in [0.15, 0.2) is 12.3 Å². The second-order valence-corrected chi connectivity index (χ2v) is 7.98. The summed E-state index contributed by atoms with van der Waals surface area (Å²) in [6.07, 6.45) is 3.08. The van der Waals surface area contributed by atoms with Gasteiger partial charge in [-0.05, 0) is 18.9 Å². The van der Waals surface area contributed by atoms with E-state index in [-0.39, 0.29) is 11.0 Å². The zero-order chi connectivity index (χ0) is 19.8. The van der Waals surface area contributed by atoms with E-state index in [2.05, 4.69) is 22.9 Å². The lowest BCUT2D eigenvalue weighted by atomic mass is 9.77. The number of hydrogen-bond acceptors (Lipinski definition) is 4. The van der Waals surface area contributed by atoms with E-state index in [0.29, 0.717) is 32.5 Å². The van der Waals surface area contributed by atoms with Gasteiger partial charge in [0.25, 0.3) is 11.8 Å². The molecule has 0 atom stereocenters. The van der Waals surface area contributed by atoms with Crippen LogP contribution in [0, 0.1) is 22.6 Å². The average molecular weight is 380 g/mol. The SMILES string of the molecule is CC1(CC#N)CN(C2CCN(C(=O)c3ccnc(C(C)(F)F)c3F)CC2)C1. The second-order valence-electron chi connectivity index (χ2n) is 7.98. The molecular formula is C19H23F3N4O. The summed E-state index contributed by atoms with van der Waals surface area (Å²) < 4.78 is 41.3. The minimum atomic E-state index is -3.44. The van der Waals surface area contributed by atoms with Crippen molar-refractivity contribution in [3.05, 3.63) is 29.3 Å². The molecule has 2 fully saturated rings. The Morgan fingerprint density at radius 3 is 2.59 bits per heavy atom. The van der Waals surface area contributed by atoms with Crippen LogP contribution in [0.1, 0.15) is 49.2 Å². The summed E-state index contributed by atoms with van der Waals surface area (Å²) in [5.41, 5.74) is -1.31. The summed E-state index contributed by atoms with van der Waals surface area (Å²) in [6.45, 7) is 5.30. The molecule has 0 N–H and O–H groups in total. The van der Waals surface area contributed by atoms with Gasteiger partial charge in [-0.2, -0.15) is 14.0 Å². The minimum absolute atomic E-state index is 0.0453. The topological polar surface area (TPSA) is 60.2 Å².